The summed E-state index contributed by atoms with van der Waals surface area (Å²) < 4.78 is 31.2. The number of benzene rings is 1. The molecule has 2 aromatic heterocycles. The molecular weight excluding hydrogens is 378 g/mol. The van der Waals surface area contributed by atoms with Crippen LogP contribution in [0.15, 0.2) is 69.6 Å². The van der Waals surface area contributed by atoms with E-state index in [1.807, 2.05) is 11.4 Å². The smallest absolute Gasteiger partial charge is 0.410 e. The Bertz CT molecular complexity index is 904. The Labute approximate surface area is 153 Å². The van der Waals surface area contributed by atoms with Crippen molar-refractivity contribution in [1.82, 2.24) is 5.32 Å². The highest BCUT2D eigenvalue weighted by atomic mass is 32.2. The number of carbonyl (C=O) groups is 1. The molecule has 1 amide bonds. The zero-order valence-electron chi connectivity index (χ0n) is 13.0. The molecule has 0 fully saturated rings. The van der Waals surface area contributed by atoms with Crippen molar-refractivity contribution in [3.8, 4) is 5.75 Å². The summed E-state index contributed by atoms with van der Waals surface area (Å²) in [5, 5.41) is 5.24. The van der Waals surface area contributed by atoms with Crippen molar-refractivity contribution in [2.75, 3.05) is 6.54 Å². The van der Waals surface area contributed by atoms with E-state index in [4.69, 9.17) is 4.74 Å². The molecule has 0 aliphatic heterocycles. The van der Waals surface area contributed by atoms with Crippen molar-refractivity contribution < 1.29 is 17.9 Å². The molecule has 0 saturated heterocycles. The van der Waals surface area contributed by atoms with Gasteiger partial charge in [0, 0.05) is 11.4 Å². The van der Waals surface area contributed by atoms with Crippen LogP contribution in [0, 0.1) is 0 Å². The van der Waals surface area contributed by atoms with E-state index in [0.29, 0.717) is 10.6 Å². The molecule has 8 heteroatoms. The van der Waals surface area contributed by atoms with Gasteiger partial charge >= 0.3 is 6.09 Å². The number of carbonyl (C=O) groups excluding carboxylic acids is 1. The number of para-hydroxylation sites is 1. The maximum absolute atomic E-state index is 12.9. The maximum Gasteiger partial charge on any atom is 0.412 e. The molecule has 2 heterocycles. The van der Waals surface area contributed by atoms with E-state index in [9.17, 15) is 13.2 Å². The number of hydrogen-bond donors (Lipinski definition) is 1. The molecule has 1 unspecified atom stereocenters. The van der Waals surface area contributed by atoms with Crippen molar-refractivity contribution in [2.45, 2.75) is 9.46 Å². The Morgan fingerprint density at radius 3 is 2.36 bits per heavy atom. The molecule has 1 atom stereocenters. The average Bonchev–Trinajstić information content (AvgIpc) is 3.30. The van der Waals surface area contributed by atoms with E-state index in [2.05, 4.69) is 5.32 Å². The summed E-state index contributed by atoms with van der Waals surface area (Å²) in [5.41, 5.74) is 0. The van der Waals surface area contributed by atoms with E-state index in [1.165, 1.54) is 22.7 Å². The molecule has 3 aromatic rings. The molecule has 1 aromatic carbocycles. The quantitative estimate of drug-likeness (QED) is 0.684. The first kappa shape index (κ1) is 17.7. The van der Waals surface area contributed by atoms with Crippen LogP contribution in [0.3, 0.4) is 0 Å². The van der Waals surface area contributed by atoms with Crippen molar-refractivity contribution in [2.24, 2.45) is 0 Å². The summed E-state index contributed by atoms with van der Waals surface area (Å²) >= 11 is 2.51. The van der Waals surface area contributed by atoms with Crippen LogP contribution >= 0.6 is 22.7 Å². The summed E-state index contributed by atoms with van der Waals surface area (Å²) in [4.78, 5) is 12.7. The second kappa shape index (κ2) is 7.81. The number of nitrogens with one attached hydrogen (secondary N) is 1. The fourth-order valence-electron chi connectivity index (χ4n) is 2.21. The van der Waals surface area contributed by atoms with Gasteiger partial charge in [0.2, 0.25) is 0 Å². The average molecular weight is 394 g/mol. The SMILES string of the molecule is O=C(NCC(c1cccs1)S(=O)(=O)c1cccs1)Oc1ccccc1. The molecule has 0 aliphatic carbocycles. The summed E-state index contributed by atoms with van der Waals surface area (Å²) in [7, 11) is -3.59. The number of hydrogen-bond acceptors (Lipinski definition) is 6. The molecule has 0 radical (unpaired) electrons. The fourth-order valence-corrected chi connectivity index (χ4v) is 6.20. The molecule has 1 N–H and O–H groups in total. The van der Waals surface area contributed by atoms with Gasteiger partial charge in [0.05, 0.1) is 0 Å². The van der Waals surface area contributed by atoms with Crippen LogP contribution in [0.2, 0.25) is 0 Å². The number of thiophene rings is 2. The minimum absolute atomic E-state index is 0.0631. The first-order chi connectivity index (χ1) is 12.1. The summed E-state index contributed by atoms with van der Waals surface area (Å²) in [6.45, 7) is -0.0631. The first-order valence-electron chi connectivity index (χ1n) is 7.39. The minimum Gasteiger partial charge on any atom is -0.410 e. The van der Waals surface area contributed by atoms with Crippen LogP contribution in [0.1, 0.15) is 10.1 Å². The highest BCUT2D eigenvalue weighted by Gasteiger charge is 2.31. The van der Waals surface area contributed by atoms with Gasteiger partial charge in [0.15, 0.2) is 9.84 Å². The lowest BCUT2D eigenvalue weighted by molar-refractivity contribution is 0.200. The second-order valence-corrected chi connectivity index (χ2v) is 9.35. The van der Waals surface area contributed by atoms with Crippen LogP contribution in [0.5, 0.6) is 5.75 Å². The van der Waals surface area contributed by atoms with Gasteiger partial charge in [-0.3, -0.25) is 0 Å². The minimum atomic E-state index is -3.59. The summed E-state index contributed by atoms with van der Waals surface area (Å²) in [6.07, 6.45) is -0.686. The van der Waals surface area contributed by atoms with Crippen LogP contribution in [-0.2, 0) is 9.84 Å². The fraction of sp³-hybridized carbons (Fsp3) is 0.118. The number of amides is 1. The Morgan fingerprint density at radius 2 is 1.72 bits per heavy atom. The highest BCUT2D eigenvalue weighted by Crippen LogP contribution is 2.33. The lowest BCUT2D eigenvalue weighted by atomic mass is 10.3. The predicted molar refractivity (Wildman–Crippen MR) is 99.0 cm³/mol. The van der Waals surface area contributed by atoms with Gasteiger partial charge in [-0.25, -0.2) is 13.2 Å². The number of sulfone groups is 1. The Morgan fingerprint density at radius 1 is 1.00 bits per heavy atom. The molecule has 0 bridgehead atoms. The predicted octanol–water partition coefficient (Wildman–Crippen LogP) is 4.11. The van der Waals surface area contributed by atoms with E-state index in [1.54, 1.807) is 53.9 Å². The summed E-state index contributed by atoms with van der Waals surface area (Å²) in [6, 6.07) is 15.4. The molecular formula is C17H15NO4S3. The van der Waals surface area contributed by atoms with Crippen molar-refractivity contribution in [3.63, 3.8) is 0 Å². The zero-order chi connectivity index (χ0) is 17.7. The van der Waals surface area contributed by atoms with Crippen molar-refractivity contribution in [1.29, 1.82) is 0 Å². The van der Waals surface area contributed by atoms with Gasteiger partial charge in [-0.2, -0.15) is 0 Å². The molecule has 0 spiro atoms. The normalized spacial score (nSPS) is 12.5. The zero-order valence-corrected chi connectivity index (χ0v) is 15.4. The first-order valence-corrected chi connectivity index (χ1v) is 10.7. The third-order valence-electron chi connectivity index (χ3n) is 3.40. The Hall–Kier alpha value is -2.16. The van der Waals surface area contributed by atoms with Crippen LogP contribution in [0.4, 0.5) is 4.79 Å². The Kier molecular flexibility index (Phi) is 5.52. The second-order valence-electron chi connectivity index (χ2n) is 5.06. The van der Waals surface area contributed by atoms with Crippen LogP contribution in [-0.4, -0.2) is 21.1 Å². The molecule has 130 valence electrons. The van der Waals surface area contributed by atoms with E-state index in [0.717, 1.165) is 0 Å². The topological polar surface area (TPSA) is 72.5 Å². The van der Waals surface area contributed by atoms with Crippen molar-refractivity contribution in [3.05, 3.63) is 70.2 Å². The summed E-state index contributed by atoms with van der Waals surface area (Å²) in [5.74, 6) is 0.397. The van der Waals surface area contributed by atoms with Gasteiger partial charge in [-0.15, -0.1) is 22.7 Å². The monoisotopic (exact) mass is 393 g/mol. The van der Waals surface area contributed by atoms with Gasteiger partial charge < -0.3 is 10.1 Å². The Balaban J connectivity index is 1.74. The number of ether oxygens (including phenoxy) is 1. The van der Waals surface area contributed by atoms with Gasteiger partial charge in [0.1, 0.15) is 15.2 Å². The van der Waals surface area contributed by atoms with Crippen molar-refractivity contribution >= 4 is 38.6 Å². The third-order valence-corrected chi connectivity index (χ3v) is 8.05. The molecule has 0 saturated carbocycles. The molecule has 3 rings (SSSR count). The highest BCUT2D eigenvalue weighted by molar-refractivity contribution is 7.93. The molecule has 25 heavy (non-hydrogen) atoms. The number of rotatable bonds is 6. The molecule has 0 aliphatic rings. The third kappa shape index (κ3) is 4.28. The van der Waals surface area contributed by atoms with E-state index < -0.39 is 21.2 Å². The largest absolute Gasteiger partial charge is 0.412 e. The van der Waals surface area contributed by atoms with Crippen LogP contribution < -0.4 is 10.1 Å². The molecule has 5 nitrogen and oxygen atoms in total. The van der Waals surface area contributed by atoms with E-state index in [-0.39, 0.29) is 10.8 Å². The van der Waals surface area contributed by atoms with E-state index >= 15 is 0 Å². The van der Waals surface area contributed by atoms with Crippen LogP contribution in [0.25, 0.3) is 0 Å². The standard InChI is InChI=1S/C17H15NO4S3/c19-17(22-13-6-2-1-3-7-13)18-12-15(14-8-4-10-23-14)25(20,21)16-9-5-11-24-16/h1-11,15H,12H2,(H,18,19). The van der Waals surface area contributed by atoms with Gasteiger partial charge in [0.25, 0.3) is 0 Å². The lowest BCUT2D eigenvalue weighted by Gasteiger charge is -2.16. The lowest BCUT2D eigenvalue weighted by Crippen LogP contribution is -2.33. The van der Waals surface area contributed by atoms with Gasteiger partial charge in [-0.1, -0.05) is 30.3 Å². The van der Waals surface area contributed by atoms with Gasteiger partial charge in [-0.05, 0) is 35.0 Å². The maximum atomic E-state index is 12.9.